The minimum absolute atomic E-state index is 0.871. The van der Waals surface area contributed by atoms with E-state index >= 15 is 0 Å². The van der Waals surface area contributed by atoms with Gasteiger partial charge in [0.1, 0.15) is 5.75 Å². The van der Waals surface area contributed by atoms with Crippen LogP contribution in [0.1, 0.15) is 31.4 Å². The van der Waals surface area contributed by atoms with Crippen LogP contribution in [0.5, 0.6) is 5.75 Å². The molecule has 0 spiro atoms. The predicted octanol–water partition coefficient (Wildman–Crippen LogP) is 4.42. The van der Waals surface area contributed by atoms with Crippen molar-refractivity contribution in [1.29, 1.82) is 0 Å². The monoisotopic (exact) mass is 283 g/mol. The van der Waals surface area contributed by atoms with Crippen molar-refractivity contribution in [3.05, 3.63) is 53.6 Å². The molecule has 0 bridgehead atoms. The summed E-state index contributed by atoms with van der Waals surface area (Å²) in [7, 11) is 1.72. The van der Waals surface area contributed by atoms with Crippen LogP contribution >= 0.6 is 0 Å². The van der Waals surface area contributed by atoms with Gasteiger partial charge in [0, 0.05) is 6.54 Å². The molecule has 0 radical (unpaired) electrons. The predicted molar refractivity (Wildman–Crippen MR) is 89.8 cm³/mol. The molecule has 0 aliphatic rings. The summed E-state index contributed by atoms with van der Waals surface area (Å²) in [6, 6.07) is 15.2. The Bertz CT molecular complexity index is 560. The second kappa shape index (κ2) is 7.84. The average molecular weight is 283 g/mol. The Hall–Kier alpha value is -1.80. The van der Waals surface area contributed by atoms with Crippen molar-refractivity contribution in [2.45, 2.75) is 33.2 Å². The first-order valence-corrected chi connectivity index (χ1v) is 7.75. The first-order valence-electron chi connectivity index (χ1n) is 7.75. The van der Waals surface area contributed by atoms with Crippen molar-refractivity contribution in [2.75, 3.05) is 13.7 Å². The molecule has 0 heterocycles. The molecule has 112 valence electrons. The summed E-state index contributed by atoms with van der Waals surface area (Å²) in [5, 5.41) is 3.48. The van der Waals surface area contributed by atoms with E-state index in [1.807, 2.05) is 6.07 Å². The SMILES string of the molecule is CCCNCc1cc(OC)ccc1-c1ccc(CC)cc1. The molecule has 0 aromatic heterocycles. The summed E-state index contributed by atoms with van der Waals surface area (Å²) >= 11 is 0. The molecular formula is C19H25NO. The Morgan fingerprint density at radius 1 is 1.00 bits per heavy atom. The van der Waals surface area contributed by atoms with Crippen molar-refractivity contribution < 1.29 is 4.74 Å². The fraction of sp³-hybridized carbons (Fsp3) is 0.368. The highest BCUT2D eigenvalue weighted by Gasteiger charge is 2.07. The van der Waals surface area contributed by atoms with Gasteiger partial charge in [-0.2, -0.15) is 0 Å². The van der Waals surface area contributed by atoms with Crippen LogP contribution in [-0.2, 0) is 13.0 Å². The molecule has 21 heavy (non-hydrogen) atoms. The molecule has 2 aromatic rings. The van der Waals surface area contributed by atoms with Gasteiger partial charge < -0.3 is 10.1 Å². The van der Waals surface area contributed by atoms with Crippen LogP contribution in [0.25, 0.3) is 11.1 Å². The Morgan fingerprint density at radius 2 is 1.76 bits per heavy atom. The molecule has 2 aromatic carbocycles. The smallest absolute Gasteiger partial charge is 0.119 e. The Morgan fingerprint density at radius 3 is 2.38 bits per heavy atom. The first kappa shape index (κ1) is 15.6. The lowest BCUT2D eigenvalue weighted by atomic mass is 9.98. The summed E-state index contributed by atoms with van der Waals surface area (Å²) in [5.41, 5.74) is 5.20. The maximum absolute atomic E-state index is 5.36. The van der Waals surface area contributed by atoms with Crippen molar-refractivity contribution in [1.82, 2.24) is 5.32 Å². The number of ether oxygens (including phenoxy) is 1. The van der Waals surface area contributed by atoms with Crippen LogP contribution in [0, 0.1) is 0 Å². The summed E-state index contributed by atoms with van der Waals surface area (Å²) in [6.07, 6.45) is 2.22. The van der Waals surface area contributed by atoms with Gasteiger partial charge in [-0.25, -0.2) is 0 Å². The van der Waals surface area contributed by atoms with E-state index in [1.54, 1.807) is 7.11 Å². The second-order valence-electron chi connectivity index (χ2n) is 5.25. The first-order chi connectivity index (χ1) is 10.3. The van der Waals surface area contributed by atoms with Crippen LogP contribution in [0.4, 0.5) is 0 Å². The molecule has 0 aliphatic carbocycles. The van der Waals surface area contributed by atoms with Crippen LogP contribution in [-0.4, -0.2) is 13.7 Å². The largest absolute Gasteiger partial charge is 0.497 e. The third-order valence-electron chi connectivity index (χ3n) is 3.73. The van der Waals surface area contributed by atoms with Crippen LogP contribution in [0.2, 0.25) is 0 Å². The van der Waals surface area contributed by atoms with Crippen molar-refractivity contribution in [3.8, 4) is 16.9 Å². The van der Waals surface area contributed by atoms with Crippen LogP contribution < -0.4 is 10.1 Å². The third kappa shape index (κ3) is 4.08. The number of aryl methyl sites for hydroxylation is 1. The number of nitrogens with one attached hydrogen (secondary N) is 1. The average Bonchev–Trinajstić information content (AvgIpc) is 2.55. The fourth-order valence-electron chi connectivity index (χ4n) is 2.44. The van der Waals surface area contributed by atoms with E-state index in [-0.39, 0.29) is 0 Å². The third-order valence-corrected chi connectivity index (χ3v) is 3.73. The highest BCUT2D eigenvalue weighted by atomic mass is 16.5. The van der Waals surface area contributed by atoms with Gasteiger partial charge in [-0.3, -0.25) is 0 Å². The van der Waals surface area contributed by atoms with Crippen LogP contribution in [0.15, 0.2) is 42.5 Å². The summed E-state index contributed by atoms with van der Waals surface area (Å²) in [6.45, 7) is 6.27. The summed E-state index contributed by atoms with van der Waals surface area (Å²) in [4.78, 5) is 0. The van der Waals surface area contributed by atoms with Gasteiger partial charge >= 0.3 is 0 Å². The van der Waals surface area contributed by atoms with Gasteiger partial charge in [-0.15, -0.1) is 0 Å². The normalized spacial score (nSPS) is 10.6. The quantitative estimate of drug-likeness (QED) is 0.759. The Kier molecular flexibility index (Phi) is 5.82. The minimum Gasteiger partial charge on any atom is -0.497 e. The fourth-order valence-corrected chi connectivity index (χ4v) is 2.44. The maximum atomic E-state index is 5.36. The van der Waals surface area contributed by atoms with Gasteiger partial charge in [-0.1, -0.05) is 44.2 Å². The van der Waals surface area contributed by atoms with Crippen LogP contribution in [0.3, 0.4) is 0 Å². The molecule has 0 fully saturated rings. The van der Waals surface area contributed by atoms with Gasteiger partial charge in [0.25, 0.3) is 0 Å². The molecule has 1 N–H and O–H groups in total. The van der Waals surface area contributed by atoms with E-state index in [9.17, 15) is 0 Å². The summed E-state index contributed by atoms with van der Waals surface area (Å²) < 4.78 is 5.36. The molecule has 2 rings (SSSR count). The van der Waals surface area contributed by atoms with E-state index in [0.29, 0.717) is 0 Å². The molecule has 0 aliphatic heterocycles. The van der Waals surface area contributed by atoms with Crippen molar-refractivity contribution in [3.63, 3.8) is 0 Å². The van der Waals surface area contributed by atoms with Gasteiger partial charge in [0.15, 0.2) is 0 Å². The zero-order chi connectivity index (χ0) is 15.1. The number of rotatable bonds is 7. The summed E-state index contributed by atoms with van der Waals surface area (Å²) in [5.74, 6) is 0.914. The number of methoxy groups -OCH3 is 1. The Labute approximate surface area is 128 Å². The lowest BCUT2D eigenvalue weighted by molar-refractivity contribution is 0.414. The highest BCUT2D eigenvalue weighted by Crippen LogP contribution is 2.28. The molecule has 0 saturated heterocycles. The standard InChI is InChI=1S/C19H25NO/c1-4-12-20-14-17-13-18(21-3)10-11-19(17)16-8-6-15(5-2)7-9-16/h6-11,13,20H,4-5,12,14H2,1-3H3. The molecule has 0 unspecified atom stereocenters. The van der Waals surface area contributed by atoms with E-state index in [4.69, 9.17) is 4.74 Å². The van der Waals surface area contributed by atoms with E-state index in [1.165, 1.54) is 22.3 Å². The van der Waals surface area contributed by atoms with Gasteiger partial charge in [0.05, 0.1) is 7.11 Å². The second-order valence-corrected chi connectivity index (χ2v) is 5.25. The van der Waals surface area contributed by atoms with Crippen molar-refractivity contribution in [2.24, 2.45) is 0 Å². The number of benzene rings is 2. The highest BCUT2D eigenvalue weighted by molar-refractivity contribution is 5.68. The van der Waals surface area contributed by atoms with Gasteiger partial charge in [-0.05, 0) is 53.8 Å². The topological polar surface area (TPSA) is 21.3 Å². The molecule has 2 nitrogen and oxygen atoms in total. The Balaban J connectivity index is 2.31. The minimum atomic E-state index is 0.871. The lowest BCUT2D eigenvalue weighted by Gasteiger charge is -2.13. The van der Waals surface area contributed by atoms with E-state index in [2.05, 4.69) is 55.6 Å². The lowest BCUT2D eigenvalue weighted by Crippen LogP contribution is -2.14. The molecule has 2 heteroatoms. The van der Waals surface area contributed by atoms with E-state index < -0.39 is 0 Å². The zero-order valence-corrected chi connectivity index (χ0v) is 13.3. The number of hydrogen-bond donors (Lipinski definition) is 1. The molecule has 0 atom stereocenters. The van der Waals surface area contributed by atoms with E-state index in [0.717, 1.165) is 31.7 Å². The van der Waals surface area contributed by atoms with Gasteiger partial charge in [0.2, 0.25) is 0 Å². The molecule has 0 saturated carbocycles. The van der Waals surface area contributed by atoms with Crippen molar-refractivity contribution >= 4 is 0 Å². The maximum Gasteiger partial charge on any atom is 0.119 e. The molecule has 0 amide bonds. The number of hydrogen-bond acceptors (Lipinski definition) is 2. The zero-order valence-electron chi connectivity index (χ0n) is 13.3. The molecular weight excluding hydrogens is 258 g/mol.